The Kier molecular flexibility index (Phi) is 3.28. The van der Waals surface area contributed by atoms with Crippen LogP contribution in [0.4, 0.5) is 5.82 Å². The Morgan fingerprint density at radius 1 is 1.47 bits per heavy atom. The van der Waals surface area contributed by atoms with Gasteiger partial charge in [0.2, 0.25) is 5.28 Å². The number of rotatable bonds is 6. The van der Waals surface area contributed by atoms with Crippen molar-refractivity contribution in [1.82, 2.24) is 19.9 Å². The molecule has 1 saturated carbocycles. The van der Waals surface area contributed by atoms with E-state index in [0.717, 1.165) is 30.9 Å². The third-order valence-electron chi connectivity index (χ3n) is 3.68. The second-order valence-corrected chi connectivity index (χ2v) is 5.38. The van der Waals surface area contributed by atoms with Gasteiger partial charge >= 0.3 is 0 Å². The van der Waals surface area contributed by atoms with Crippen LogP contribution in [0.2, 0.25) is 5.28 Å². The highest BCUT2D eigenvalue weighted by Crippen LogP contribution is 2.48. The standard InChI is InChI=1S/C12H16ClN5O/c1-19-5-4-12(2-3-12)6-14-9-8-10(16-7-15-8)18-11(13)17-9/h7H,2-6H2,1H3,(H2,14,15,16,17,18). The van der Waals surface area contributed by atoms with Gasteiger partial charge < -0.3 is 15.0 Å². The fourth-order valence-corrected chi connectivity index (χ4v) is 2.38. The van der Waals surface area contributed by atoms with E-state index in [1.54, 1.807) is 13.4 Å². The molecule has 2 N–H and O–H groups in total. The lowest BCUT2D eigenvalue weighted by Gasteiger charge is -2.16. The average molecular weight is 282 g/mol. The molecule has 19 heavy (non-hydrogen) atoms. The topological polar surface area (TPSA) is 75.7 Å². The van der Waals surface area contributed by atoms with Crippen molar-refractivity contribution in [2.75, 3.05) is 25.6 Å². The minimum absolute atomic E-state index is 0.212. The van der Waals surface area contributed by atoms with E-state index in [4.69, 9.17) is 16.3 Å². The Bertz CT molecular complexity index is 581. The summed E-state index contributed by atoms with van der Waals surface area (Å²) in [5.74, 6) is 0.719. The second kappa shape index (κ2) is 4.94. The first-order valence-electron chi connectivity index (χ1n) is 6.32. The zero-order valence-corrected chi connectivity index (χ0v) is 11.5. The minimum Gasteiger partial charge on any atom is -0.385 e. The maximum absolute atomic E-state index is 5.89. The lowest BCUT2D eigenvalue weighted by Crippen LogP contribution is -2.18. The van der Waals surface area contributed by atoms with E-state index in [0.29, 0.717) is 11.1 Å². The summed E-state index contributed by atoms with van der Waals surface area (Å²) in [6.07, 6.45) is 5.13. The Hall–Kier alpha value is -1.40. The molecule has 102 valence electrons. The van der Waals surface area contributed by atoms with Gasteiger partial charge in [0.1, 0.15) is 5.52 Å². The predicted octanol–water partition coefficient (Wildman–Crippen LogP) is 2.23. The first kappa shape index (κ1) is 12.6. The molecule has 0 radical (unpaired) electrons. The van der Waals surface area contributed by atoms with Crippen LogP contribution >= 0.6 is 11.6 Å². The second-order valence-electron chi connectivity index (χ2n) is 5.04. The molecule has 1 aliphatic rings. The van der Waals surface area contributed by atoms with Gasteiger partial charge in [0.25, 0.3) is 0 Å². The van der Waals surface area contributed by atoms with Crippen molar-refractivity contribution < 1.29 is 4.74 Å². The molecule has 0 aromatic carbocycles. The van der Waals surface area contributed by atoms with Crippen LogP contribution in [-0.4, -0.2) is 40.2 Å². The molecule has 2 heterocycles. The maximum atomic E-state index is 5.89. The number of aromatic amines is 1. The lowest BCUT2D eigenvalue weighted by molar-refractivity contribution is 0.175. The Morgan fingerprint density at radius 3 is 3.05 bits per heavy atom. The molecule has 1 aliphatic carbocycles. The SMILES string of the molecule is COCCC1(CNc2nc(Cl)nc3nc[nH]c23)CC1. The summed E-state index contributed by atoms with van der Waals surface area (Å²) in [7, 11) is 1.74. The summed E-state index contributed by atoms with van der Waals surface area (Å²) in [5, 5.41) is 3.58. The van der Waals surface area contributed by atoms with Crippen LogP contribution in [0, 0.1) is 5.41 Å². The fraction of sp³-hybridized carbons (Fsp3) is 0.583. The number of aromatic nitrogens is 4. The molecule has 3 rings (SSSR count). The van der Waals surface area contributed by atoms with Crippen molar-refractivity contribution in [3.05, 3.63) is 11.6 Å². The smallest absolute Gasteiger partial charge is 0.226 e. The van der Waals surface area contributed by atoms with Crippen molar-refractivity contribution in [3.8, 4) is 0 Å². The molecule has 2 aromatic heterocycles. The van der Waals surface area contributed by atoms with Crippen LogP contribution in [0.25, 0.3) is 11.2 Å². The number of anilines is 1. The molecular weight excluding hydrogens is 266 g/mol. The van der Waals surface area contributed by atoms with Crippen molar-refractivity contribution in [3.63, 3.8) is 0 Å². The molecular formula is C12H16ClN5O. The Balaban J connectivity index is 1.73. The van der Waals surface area contributed by atoms with Crippen LogP contribution in [0.3, 0.4) is 0 Å². The zero-order valence-electron chi connectivity index (χ0n) is 10.7. The first-order valence-corrected chi connectivity index (χ1v) is 6.70. The van der Waals surface area contributed by atoms with E-state index in [1.165, 1.54) is 12.8 Å². The van der Waals surface area contributed by atoms with Crippen LogP contribution in [0.5, 0.6) is 0 Å². The van der Waals surface area contributed by atoms with Gasteiger partial charge in [-0.3, -0.25) is 0 Å². The molecule has 0 bridgehead atoms. The summed E-state index contributed by atoms with van der Waals surface area (Å²) in [6, 6.07) is 0. The molecule has 6 nitrogen and oxygen atoms in total. The summed E-state index contributed by atoms with van der Waals surface area (Å²) >= 11 is 5.89. The Morgan fingerprint density at radius 2 is 2.32 bits per heavy atom. The molecule has 1 fully saturated rings. The van der Waals surface area contributed by atoms with E-state index < -0.39 is 0 Å². The third kappa shape index (κ3) is 2.64. The van der Waals surface area contributed by atoms with Crippen molar-refractivity contribution in [1.29, 1.82) is 0 Å². The Labute approximate surface area is 115 Å². The molecule has 0 spiro atoms. The normalized spacial score (nSPS) is 16.7. The average Bonchev–Trinajstić information content (AvgIpc) is 3.02. The van der Waals surface area contributed by atoms with E-state index >= 15 is 0 Å². The predicted molar refractivity (Wildman–Crippen MR) is 73.3 cm³/mol. The summed E-state index contributed by atoms with van der Waals surface area (Å²) in [4.78, 5) is 15.4. The maximum Gasteiger partial charge on any atom is 0.226 e. The fourth-order valence-electron chi connectivity index (χ4n) is 2.22. The third-order valence-corrected chi connectivity index (χ3v) is 3.85. The van der Waals surface area contributed by atoms with E-state index in [9.17, 15) is 0 Å². The quantitative estimate of drug-likeness (QED) is 0.794. The number of hydrogen-bond donors (Lipinski definition) is 2. The van der Waals surface area contributed by atoms with Gasteiger partial charge in [-0.2, -0.15) is 9.97 Å². The molecule has 0 aliphatic heterocycles. The van der Waals surface area contributed by atoms with E-state index in [1.807, 2.05) is 0 Å². The number of nitrogens with zero attached hydrogens (tertiary/aromatic N) is 3. The highest BCUT2D eigenvalue weighted by molar-refractivity contribution is 6.28. The molecule has 0 saturated heterocycles. The van der Waals surface area contributed by atoms with E-state index in [2.05, 4.69) is 25.3 Å². The van der Waals surface area contributed by atoms with Crippen molar-refractivity contribution >= 4 is 28.6 Å². The van der Waals surface area contributed by atoms with Gasteiger partial charge in [0, 0.05) is 20.3 Å². The number of hydrogen-bond acceptors (Lipinski definition) is 5. The summed E-state index contributed by atoms with van der Waals surface area (Å²) in [5.41, 5.74) is 1.73. The molecule has 2 aromatic rings. The number of ether oxygens (including phenoxy) is 1. The minimum atomic E-state index is 0.212. The number of nitrogens with one attached hydrogen (secondary N) is 2. The number of imidazole rings is 1. The molecule has 7 heteroatoms. The van der Waals surface area contributed by atoms with Gasteiger partial charge in [0.15, 0.2) is 11.5 Å². The van der Waals surface area contributed by atoms with Crippen LogP contribution in [0.15, 0.2) is 6.33 Å². The molecule has 0 amide bonds. The van der Waals surface area contributed by atoms with Gasteiger partial charge in [0.05, 0.1) is 6.33 Å². The molecule has 0 atom stereocenters. The van der Waals surface area contributed by atoms with Crippen molar-refractivity contribution in [2.45, 2.75) is 19.3 Å². The van der Waals surface area contributed by atoms with Gasteiger partial charge in [-0.05, 0) is 36.3 Å². The summed E-state index contributed by atoms with van der Waals surface area (Å²) < 4.78 is 5.16. The van der Waals surface area contributed by atoms with Crippen molar-refractivity contribution in [2.24, 2.45) is 5.41 Å². The van der Waals surface area contributed by atoms with Gasteiger partial charge in [-0.1, -0.05) is 0 Å². The largest absolute Gasteiger partial charge is 0.385 e. The van der Waals surface area contributed by atoms with Crippen LogP contribution in [0.1, 0.15) is 19.3 Å². The number of H-pyrrole nitrogens is 1. The first-order chi connectivity index (χ1) is 9.22. The zero-order chi connectivity index (χ0) is 13.3. The summed E-state index contributed by atoms with van der Waals surface area (Å²) in [6.45, 7) is 1.67. The lowest BCUT2D eigenvalue weighted by atomic mass is 10.0. The number of fused-ring (bicyclic) bond motifs is 1. The van der Waals surface area contributed by atoms with Crippen LogP contribution in [-0.2, 0) is 4.74 Å². The highest BCUT2D eigenvalue weighted by Gasteiger charge is 2.41. The van der Waals surface area contributed by atoms with Gasteiger partial charge in [-0.15, -0.1) is 0 Å². The molecule has 0 unspecified atom stereocenters. The van der Waals surface area contributed by atoms with E-state index in [-0.39, 0.29) is 5.28 Å². The highest BCUT2D eigenvalue weighted by atomic mass is 35.5. The van der Waals surface area contributed by atoms with Crippen LogP contribution < -0.4 is 5.32 Å². The monoisotopic (exact) mass is 281 g/mol. The van der Waals surface area contributed by atoms with Gasteiger partial charge in [-0.25, -0.2) is 4.98 Å². The number of methoxy groups -OCH3 is 1. The number of halogens is 1.